The number of nitrogens with one attached hydrogen (secondary N) is 2. The summed E-state index contributed by atoms with van der Waals surface area (Å²) in [6.45, 7) is 2.92. The average Bonchev–Trinajstić information content (AvgIpc) is 2.54. The highest BCUT2D eigenvalue weighted by atomic mass is 79.9. The van der Waals surface area contributed by atoms with E-state index in [0.29, 0.717) is 5.75 Å². The second-order valence-electron chi connectivity index (χ2n) is 6.14. The first kappa shape index (κ1) is 19.0. The van der Waals surface area contributed by atoms with Crippen LogP contribution in [0.15, 0.2) is 57.9 Å². The van der Waals surface area contributed by atoms with Crippen LogP contribution < -0.4 is 10.2 Å². The molecule has 0 bridgehead atoms. The van der Waals surface area contributed by atoms with Crippen molar-refractivity contribution in [2.75, 3.05) is 26.4 Å². The molecule has 128 valence electrons. The molecule has 0 fully saturated rings. The minimum atomic E-state index is 0.0373. The van der Waals surface area contributed by atoms with Gasteiger partial charge < -0.3 is 10.2 Å². The summed E-state index contributed by atoms with van der Waals surface area (Å²) in [4.78, 5) is 14.9. The molecular formula is C19H24BrN2OS+. The Morgan fingerprint density at radius 3 is 2.54 bits per heavy atom. The number of aryl methyl sites for hydroxylation is 1. The van der Waals surface area contributed by atoms with Crippen molar-refractivity contribution in [1.29, 1.82) is 0 Å². The lowest BCUT2D eigenvalue weighted by Crippen LogP contribution is -3.06. The Morgan fingerprint density at radius 2 is 1.92 bits per heavy atom. The summed E-state index contributed by atoms with van der Waals surface area (Å²) in [5.41, 5.74) is 2.33. The van der Waals surface area contributed by atoms with Crippen LogP contribution in [0.5, 0.6) is 0 Å². The Balaban J connectivity index is 1.97. The van der Waals surface area contributed by atoms with Crippen LogP contribution in [0.3, 0.4) is 0 Å². The van der Waals surface area contributed by atoms with Gasteiger partial charge in [0.05, 0.1) is 19.8 Å². The van der Waals surface area contributed by atoms with Gasteiger partial charge in [-0.1, -0.05) is 46.3 Å². The van der Waals surface area contributed by atoms with Crippen molar-refractivity contribution in [3.63, 3.8) is 0 Å². The van der Waals surface area contributed by atoms with Gasteiger partial charge in [-0.3, -0.25) is 4.79 Å². The number of quaternary nitrogens is 1. The van der Waals surface area contributed by atoms with Gasteiger partial charge in [0.2, 0.25) is 5.91 Å². The predicted octanol–water partition coefficient (Wildman–Crippen LogP) is 2.85. The number of carbonyl (C=O) groups excluding carboxylic acids is 1. The van der Waals surface area contributed by atoms with Gasteiger partial charge in [0.25, 0.3) is 0 Å². The van der Waals surface area contributed by atoms with Crippen molar-refractivity contribution >= 4 is 33.6 Å². The van der Waals surface area contributed by atoms with E-state index in [1.165, 1.54) is 10.5 Å². The topological polar surface area (TPSA) is 33.5 Å². The minimum Gasteiger partial charge on any atom is -0.343 e. The van der Waals surface area contributed by atoms with Gasteiger partial charge in [-0.15, -0.1) is 11.8 Å². The SMILES string of the molecule is Cc1cc(Br)ccc1SCC(=O)N[C@H](C[NH+](C)C)c1ccccc1. The van der Waals surface area contributed by atoms with Crippen LogP contribution in [0.4, 0.5) is 0 Å². The first-order valence-electron chi connectivity index (χ1n) is 7.98. The van der Waals surface area contributed by atoms with Gasteiger partial charge in [0.1, 0.15) is 12.6 Å². The number of rotatable bonds is 7. The second-order valence-corrected chi connectivity index (χ2v) is 8.07. The summed E-state index contributed by atoms with van der Waals surface area (Å²) in [6, 6.07) is 16.3. The van der Waals surface area contributed by atoms with Crippen LogP contribution in [0, 0.1) is 6.92 Å². The first-order chi connectivity index (χ1) is 11.5. The van der Waals surface area contributed by atoms with Crippen LogP contribution >= 0.6 is 27.7 Å². The van der Waals surface area contributed by atoms with E-state index in [1.807, 2.05) is 24.3 Å². The highest BCUT2D eigenvalue weighted by Gasteiger charge is 2.17. The second kappa shape index (κ2) is 9.25. The van der Waals surface area contributed by atoms with E-state index in [-0.39, 0.29) is 11.9 Å². The average molecular weight is 408 g/mol. The molecule has 2 aromatic carbocycles. The molecule has 0 aliphatic carbocycles. The van der Waals surface area contributed by atoms with Crippen LogP contribution in [-0.2, 0) is 4.79 Å². The van der Waals surface area contributed by atoms with E-state index < -0.39 is 0 Å². The third-order valence-electron chi connectivity index (χ3n) is 3.65. The molecule has 0 aromatic heterocycles. The molecule has 5 heteroatoms. The molecule has 2 N–H and O–H groups in total. The summed E-state index contributed by atoms with van der Waals surface area (Å²) in [7, 11) is 4.20. The lowest BCUT2D eigenvalue weighted by Gasteiger charge is -2.21. The fraction of sp³-hybridized carbons (Fsp3) is 0.316. The van der Waals surface area contributed by atoms with E-state index in [0.717, 1.165) is 21.5 Å². The number of benzene rings is 2. The lowest BCUT2D eigenvalue weighted by atomic mass is 10.1. The largest absolute Gasteiger partial charge is 0.343 e. The summed E-state index contributed by atoms with van der Waals surface area (Å²) in [5.74, 6) is 0.492. The van der Waals surface area contributed by atoms with Crippen molar-refractivity contribution in [2.45, 2.75) is 17.9 Å². The quantitative estimate of drug-likeness (QED) is 0.691. The number of halogens is 1. The van der Waals surface area contributed by atoms with E-state index in [9.17, 15) is 4.79 Å². The van der Waals surface area contributed by atoms with Crippen molar-refractivity contribution in [3.8, 4) is 0 Å². The summed E-state index contributed by atoms with van der Waals surface area (Å²) >= 11 is 5.05. The highest BCUT2D eigenvalue weighted by Crippen LogP contribution is 2.25. The summed E-state index contributed by atoms with van der Waals surface area (Å²) in [6.07, 6.45) is 0. The highest BCUT2D eigenvalue weighted by molar-refractivity contribution is 9.10. The molecule has 2 aromatic rings. The molecule has 0 aliphatic rings. The van der Waals surface area contributed by atoms with Crippen LogP contribution in [0.25, 0.3) is 0 Å². The third kappa shape index (κ3) is 5.96. The monoisotopic (exact) mass is 407 g/mol. The van der Waals surface area contributed by atoms with E-state index in [2.05, 4.69) is 66.5 Å². The van der Waals surface area contributed by atoms with Gasteiger partial charge in [0.15, 0.2) is 0 Å². The molecule has 1 amide bonds. The van der Waals surface area contributed by atoms with Crippen LogP contribution in [0.1, 0.15) is 17.2 Å². The molecule has 0 heterocycles. The molecule has 1 atom stereocenters. The van der Waals surface area contributed by atoms with E-state index in [1.54, 1.807) is 11.8 Å². The maximum Gasteiger partial charge on any atom is 0.231 e. The normalized spacial score (nSPS) is 12.2. The summed E-state index contributed by atoms with van der Waals surface area (Å²) in [5, 5.41) is 3.18. The standard InChI is InChI=1S/C19H23BrN2OS/c1-14-11-16(20)9-10-18(14)24-13-19(23)21-17(12-22(2)3)15-7-5-4-6-8-15/h4-11,17H,12-13H2,1-3H3,(H,21,23)/p+1/t17-/m1/s1. The van der Waals surface area contributed by atoms with E-state index in [4.69, 9.17) is 0 Å². The van der Waals surface area contributed by atoms with Crippen LogP contribution in [-0.4, -0.2) is 32.3 Å². The lowest BCUT2D eigenvalue weighted by molar-refractivity contribution is -0.860. The molecule has 24 heavy (non-hydrogen) atoms. The van der Waals surface area contributed by atoms with Gasteiger partial charge in [-0.2, -0.15) is 0 Å². The number of thioether (sulfide) groups is 1. The zero-order valence-electron chi connectivity index (χ0n) is 14.3. The van der Waals surface area contributed by atoms with Crippen molar-refractivity contribution in [2.24, 2.45) is 0 Å². The molecular weight excluding hydrogens is 384 g/mol. The van der Waals surface area contributed by atoms with Gasteiger partial charge in [0, 0.05) is 9.37 Å². The Hall–Kier alpha value is -1.30. The number of carbonyl (C=O) groups is 1. The molecule has 0 unspecified atom stereocenters. The maximum absolute atomic E-state index is 12.4. The molecule has 0 saturated heterocycles. The summed E-state index contributed by atoms with van der Waals surface area (Å²) < 4.78 is 1.06. The maximum atomic E-state index is 12.4. The molecule has 0 spiro atoms. The fourth-order valence-corrected chi connectivity index (χ4v) is 3.80. The van der Waals surface area contributed by atoms with Crippen molar-refractivity contribution < 1.29 is 9.69 Å². The first-order valence-corrected chi connectivity index (χ1v) is 9.76. The molecule has 2 rings (SSSR count). The number of likely N-dealkylation sites (N-methyl/N-ethyl adjacent to an activating group) is 1. The van der Waals surface area contributed by atoms with Gasteiger partial charge >= 0.3 is 0 Å². The van der Waals surface area contributed by atoms with Gasteiger partial charge in [-0.05, 0) is 36.2 Å². The third-order valence-corrected chi connectivity index (χ3v) is 5.31. The molecule has 0 aliphatic heterocycles. The number of hydrogen-bond acceptors (Lipinski definition) is 2. The van der Waals surface area contributed by atoms with Gasteiger partial charge in [-0.25, -0.2) is 0 Å². The fourth-order valence-electron chi connectivity index (χ4n) is 2.50. The Bertz CT molecular complexity index is 676. The van der Waals surface area contributed by atoms with Crippen LogP contribution in [0.2, 0.25) is 0 Å². The van der Waals surface area contributed by atoms with Crippen molar-refractivity contribution in [3.05, 3.63) is 64.1 Å². The number of amides is 1. The molecule has 0 saturated carbocycles. The minimum absolute atomic E-state index is 0.0373. The predicted molar refractivity (Wildman–Crippen MR) is 105 cm³/mol. The zero-order valence-corrected chi connectivity index (χ0v) is 16.7. The Morgan fingerprint density at radius 1 is 1.21 bits per heavy atom. The van der Waals surface area contributed by atoms with E-state index >= 15 is 0 Å². The smallest absolute Gasteiger partial charge is 0.231 e. The molecule has 0 radical (unpaired) electrons. The van der Waals surface area contributed by atoms with Crippen molar-refractivity contribution in [1.82, 2.24) is 5.32 Å². The molecule has 3 nitrogen and oxygen atoms in total. The zero-order chi connectivity index (χ0) is 17.5. The number of hydrogen-bond donors (Lipinski definition) is 2. The Labute approximate surface area is 157 Å². The Kier molecular flexibility index (Phi) is 7.34.